The Kier molecular flexibility index (Phi) is 7.72. The summed E-state index contributed by atoms with van der Waals surface area (Å²) in [7, 11) is 0. The van der Waals surface area contributed by atoms with Crippen molar-refractivity contribution in [3.63, 3.8) is 0 Å². The van der Waals surface area contributed by atoms with E-state index in [1.165, 1.54) is 0 Å². The largest absolute Gasteiger partial charge is 0.378 e. The van der Waals surface area contributed by atoms with Gasteiger partial charge in [-0.1, -0.05) is 20.3 Å². The van der Waals surface area contributed by atoms with E-state index < -0.39 is 0 Å². The predicted octanol–water partition coefficient (Wildman–Crippen LogP) is 3.35. The summed E-state index contributed by atoms with van der Waals surface area (Å²) in [4.78, 5) is 27.9. The van der Waals surface area contributed by atoms with Crippen LogP contribution in [0.5, 0.6) is 0 Å². The fraction of sp³-hybridized carbons (Fsp3) is 0.500. The van der Waals surface area contributed by atoms with Gasteiger partial charge in [-0.05, 0) is 30.5 Å². The van der Waals surface area contributed by atoms with Gasteiger partial charge in [-0.3, -0.25) is 4.79 Å². The van der Waals surface area contributed by atoms with Crippen LogP contribution in [0, 0.1) is 5.92 Å². The Morgan fingerprint density at radius 1 is 1.18 bits per heavy atom. The SMILES string of the molecule is CCC(C)CC(=O)NCCCn1ccc2cnc(Nc3ccc(N4CCOCC4)nc3)nc21. The summed E-state index contributed by atoms with van der Waals surface area (Å²) in [6.45, 7) is 8.84. The lowest BCUT2D eigenvalue weighted by atomic mass is 10.1. The zero-order valence-corrected chi connectivity index (χ0v) is 19.5. The summed E-state index contributed by atoms with van der Waals surface area (Å²) >= 11 is 0. The standard InChI is InChI=1S/C24H33N7O2/c1-3-18(2)15-22(32)25-8-4-9-31-10-7-19-16-27-24(29-23(19)31)28-20-5-6-21(26-17-20)30-11-13-33-14-12-30/h5-7,10,16-18H,3-4,8-9,11-15H2,1-2H3,(H,25,32)(H,27,28,29). The van der Waals surface area contributed by atoms with Gasteiger partial charge in [0, 0.05) is 50.4 Å². The van der Waals surface area contributed by atoms with Crippen LogP contribution in [0.1, 0.15) is 33.1 Å². The maximum atomic E-state index is 12.0. The summed E-state index contributed by atoms with van der Waals surface area (Å²) < 4.78 is 7.50. The van der Waals surface area contributed by atoms with Crippen molar-refractivity contribution in [2.45, 2.75) is 39.7 Å². The van der Waals surface area contributed by atoms with Crippen molar-refractivity contribution < 1.29 is 9.53 Å². The Bertz CT molecular complexity index is 1040. The zero-order valence-electron chi connectivity index (χ0n) is 19.5. The number of aromatic nitrogens is 4. The number of nitrogens with zero attached hydrogens (tertiary/aromatic N) is 5. The highest BCUT2D eigenvalue weighted by molar-refractivity contribution is 5.77. The number of fused-ring (bicyclic) bond motifs is 1. The van der Waals surface area contributed by atoms with E-state index in [2.05, 4.69) is 43.9 Å². The summed E-state index contributed by atoms with van der Waals surface area (Å²) in [5.74, 6) is 2.03. The topological polar surface area (TPSA) is 97.2 Å². The summed E-state index contributed by atoms with van der Waals surface area (Å²) in [5.41, 5.74) is 1.71. The van der Waals surface area contributed by atoms with Crippen molar-refractivity contribution >= 4 is 34.4 Å². The third-order valence-corrected chi connectivity index (χ3v) is 5.97. The van der Waals surface area contributed by atoms with Crippen LogP contribution in [0.4, 0.5) is 17.5 Å². The van der Waals surface area contributed by atoms with Gasteiger partial charge in [-0.15, -0.1) is 0 Å². The highest BCUT2D eigenvalue weighted by Crippen LogP contribution is 2.20. The second-order valence-corrected chi connectivity index (χ2v) is 8.53. The molecule has 3 aromatic heterocycles. The van der Waals surface area contributed by atoms with E-state index in [0.717, 1.165) is 68.2 Å². The molecule has 0 saturated carbocycles. The summed E-state index contributed by atoms with van der Waals surface area (Å²) in [5, 5.41) is 7.25. The van der Waals surface area contributed by atoms with Gasteiger partial charge < -0.3 is 24.8 Å². The van der Waals surface area contributed by atoms with Crippen LogP contribution in [0.15, 0.2) is 36.8 Å². The number of aryl methyl sites for hydroxylation is 1. The fourth-order valence-electron chi connectivity index (χ4n) is 3.79. The number of carbonyl (C=O) groups is 1. The van der Waals surface area contributed by atoms with Crippen LogP contribution in [-0.4, -0.2) is 58.3 Å². The number of hydrogen-bond donors (Lipinski definition) is 2. The van der Waals surface area contributed by atoms with E-state index in [1.807, 2.05) is 30.6 Å². The van der Waals surface area contributed by atoms with Crippen molar-refractivity contribution in [3.05, 3.63) is 36.8 Å². The number of amides is 1. The molecule has 1 amide bonds. The molecule has 0 radical (unpaired) electrons. The van der Waals surface area contributed by atoms with Gasteiger partial charge in [0.2, 0.25) is 11.9 Å². The number of hydrogen-bond acceptors (Lipinski definition) is 7. The third kappa shape index (κ3) is 6.19. The average molecular weight is 452 g/mol. The number of ether oxygens (including phenoxy) is 1. The van der Waals surface area contributed by atoms with Crippen molar-refractivity contribution in [2.75, 3.05) is 43.1 Å². The van der Waals surface area contributed by atoms with Crippen LogP contribution in [0.3, 0.4) is 0 Å². The fourth-order valence-corrected chi connectivity index (χ4v) is 3.79. The molecule has 9 heteroatoms. The van der Waals surface area contributed by atoms with E-state index in [9.17, 15) is 4.79 Å². The van der Waals surface area contributed by atoms with Gasteiger partial charge in [0.05, 0.1) is 25.1 Å². The Morgan fingerprint density at radius 2 is 2.03 bits per heavy atom. The molecule has 9 nitrogen and oxygen atoms in total. The van der Waals surface area contributed by atoms with Crippen molar-refractivity contribution in [1.82, 2.24) is 24.8 Å². The molecule has 33 heavy (non-hydrogen) atoms. The van der Waals surface area contributed by atoms with E-state index >= 15 is 0 Å². The van der Waals surface area contributed by atoms with Gasteiger partial charge in [0.25, 0.3) is 0 Å². The molecule has 0 aliphatic carbocycles. The molecule has 176 valence electrons. The lowest BCUT2D eigenvalue weighted by molar-refractivity contribution is -0.121. The highest BCUT2D eigenvalue weighted by atomic mass is 16.5. The maximum Gasteiger partial charge on any atom is 0.229 e. The van der Waals surface area contributed by atoms with Gasteiger partial charge in [0.15, 0.2) is 0 Å². The summed E-state index contributed by atoms with van der Waals surface area (Å²) in [6, 6.07) is 6.01. The van der Waals surface area contributed by atoms with Crippen LogP contribution < -0.4 is 15.5 Å². The molecule has 3 aromatic rings. The van der Waals surface area contributed by atoms with Crippen LogP contribution in [-0.2, 0) is 16.1 Å². The molecule has 1 unspecified atom stereocenters. The van der Waals surface area contributed by atoms with Crippen molar-refractivity contribution in [2.24, 2.45) is 5.92 Å². The molecule has 4 rings (SSSR count). The summed E-state index contributed by atoms with van der Waals surface area (Å²) in [6.07, 6.45) is 8.10. The lowest BCUT2D eigenvalue weighted by Gasteiger charge is -2.27. The highest BCUT2D eigenvalue weighted by Gasteiger charge is 2.12. The molecular weight excluding hydrogens is 418 g/mol. The molecule has 1 saturated heterocycles. The van der Waals surface area contributed by atoms with Gasteiger partial charge in [-0.25, -0.2) is 9.97 Å². The van der Waals surface area contributed by atoms with E-state index in [1.54, 1.807) is 6.20 Å². The molecule has 0 aromatic carbocycles. The number of rotatable bonds is 10. The average Bonchev–Trinajstić information content (AvgIpc) is 3.25. The minimum atomic E-state index is 0.128. The Labute approximate surface area is 194 Å². The molecule has 0 spiro atoms. The first-order valence-electron chi connectivity index (χ1n) is 11.8. The van der Waals surface area contributed by atoms with Crippen molar-refractivity contribution in [3.8, 4) is 0 Å². The number of nitrogens with one attached hydrogen (secondary N) is 2. The number of anilines is 3. The molecule has 1 atom stereocenters. The molecule has 1 fully saturated rings. The first-order chi connectivity index (χ1) is 16.1. The predicted molar refractivity (Wildman–Crippen MR) is 130 cm³/mol. The minimum Gasteiger partial charge on any atom is -0.378 e. The van der Waals surface area contributed by atoms with Gasteiger partial charge >= 0.3 is 0 Å². The molecule has 0 bridgehead atoms. The molecular formula is C24H33N7O2. The Balaban J connectivity index is 1.33. The normalized spacial score (nSPS) is 14.9. The number of carbonyl (C=O) groups excluding carboxylic acids is 1. The van der Waals surface area contributed by atoms with E-state index in [4.69, 9.17) is 9.72 Å². The Morgan fingerprint density at radius 3 is 2.79 bits per heavy atom. The second-order valence-electron chi connectivity index (χ2n) is 8.53. The van der Waals surface area contributed by atoms with Gasteiger partial charge in [-0.2, -0.15) is 4.98 Å². The number of morpholine rings is 1. The smallest absolute Gasteiger partial charge is 0.229 e. The molecule has 1 aliphatic rings. The van der Waals surface area contributed by atoms with Crippen molar-refractivity contribution in [1.29, 1.82) is 0 Å². The first-order valence-corrected chi connectivity index (χ1v) is 11.8. The third-order valence-electron chi connectivity index (χ3n) is 5.97. The Hall–Kier alpha value is -3.20. The lowest BCUT2D eigenvalue weighted by Crippen LogP contribution is -2.36. The second kappa shape index (κ2) is 11.1. The van der Waals surface area contributed by atoms with Gasteiger partial charge in [0.1, 0.15) is 11.5 Å². The molecule has 1 aliphatic heterocycles. The molecule has 4 heterocycles. The van der Waals surface area contributed by atoms with Crippen LogP contribution >= 0.6 is 0 Å². The monoisotopic (exact) mass is 451 g/mol. The van der Waals surface area contributed by atoms with E-state index in [0.29, 0.717) is 24.8 Å². The maximum absolute atomic E-state index is 12.0. The minimum absolute atomic E-state index is 0.128. The zero-order chi connectivity index (χ0) is 23.0. The number of pyridine rings is 1. The molecule has 2 N–H and O–H groups in total. The quantitative estimate of drug-likeness (QED) is 0.456. The van der Waals surface area contributed by atoms with Crippen LogP contribution in [0.25, 0.3) is 11.0 Å². The first kappa shape index (κ1) is 23.0. The van der Waals surface area contributed by atoms with Crippen LogP contribution in [0.2, 0.25) is 0 Å². The van der Waals surface area contributed by atoms with E-state index in [-0.39, 0.29) is 5.91 Å².